The largest absolute Gasteiger partial charge is 0.379 e. The lowest BCUT2D eigenvalue weighted by Crippen LogP contribution is -2.43. The molecule has 0 bridgehead atoms. The molecule has 0 saturated heterocycles. The van der Waals surface area contributed by atoms with Gasteiger partial charge in [-0.05, 0) is 36.3 Å². The van der Waals surface area contributed by atoms with E-state index in [-0.39, 0.29) is 11.9 Å². The zero-order valence-electron chi connectivity index (χ0n) is 14.7. The third-order valence-corrected chi connectivity index (χ3v) is 5.22. The minimum absolute atomic E-state index is 0.0359. The molecule has 2 aromatic rings. The first-order valence-corrected chi connectivity index (χ1v) is 9.14. The van der Waals surface area contributed by atoms with Crippen LogP contribution in [-0.2, 0) is 29.4 Å². The van der Waals surface area contributed by atoms with E-state index < -0.39 is 0 Å². The predicted octanol–water partition coefficient (Wildman–Crippen LogP) is 2.52. The van der Waals surface area contributed by atoms with E-state index in [1.54, 1.807) is 0 Å². The van der Waals surface area contributed by atoms with Gasteiger partial charge < -0.3 is 9.64 Å². The lowest BCUT2D eigenvalue weighted by molar-refractivity contribution is -0.135. The zero-order chi connectivity index (χ0) is 17.2. The summed E-state index contributed by atoms with van der Waals surface area (Å²) >= 11 is 0. The fraction of sp³-hybridized carbons (Fsp3) is 0.500. The number of benzene rings is 1. The van der Waals surface area contributed by atoms with Crippen molar-refractivity contribution in [2.24, 2.45) is 13.0 Å². The Morgan fingerprint density at radius 1 is 1.24 bits per heavy atom. The van der Waals surface area contributed by atoms with Crippen molar-refractivity contribution in [3.05, 3.63) is 53.3 Å². The topological polar surface area (TPSA) is 47.4 Å². The number of nitrogens with zero attached hydrogens (tertiary/aromatic N) is 3. The molecule has 0 radical (unpaired) electrons. The number of fused-ring (bicyclic) bond motifs is 1. The number of amides is 1. The van der Waals surface area contributed by atoms with Gasteiger partial charge in [0.25, 0.3) is 0 Å². The number of carbonyl (C=O) groups excluding carboxylic acids is 1. The highest BCUT2D eigenvalue weighted by molar-refractivity contribution is 5.79. The van der Waals surface area contributed by atoms with Crippen LogP contribution in [0.5, 0.6) is 0 Å². The van der Waals surface area contributed by atoms with E-state index in [0.29, 0.717) is 13.0 Å². The van der Waals surface area contributed by atoms with Crippen LogP contribution in [0.3, 0.4) is 0 Å². The fourth-order valence-corrected chi connectivity index (χ4v) is 3.63. The molecule has 1 atom stereocenters. The molecule has 5 heteroatoms. The molecule has 0 spiro atoms. The maximum atomic E-state index is 13.0. The number of hydrogen-bond acceptors (Lipinski definition) is 3. The molecule has 5 nitrogen and oxygen atoms in total. The van der Waals surface area contributed by atoms with Crippen LogP contribution in [0.25, 0.3) is 0 Å². The Morgan fingerprint density at radius 3 is 2.80 bits per heavy atom. The van der Waals surface area contributed by atoms with Gasteiger partial charge in [0.05, 0.1) is 31.0 Å². The Hall–Kier alpha value is -2.14. The van der Waals surface area contributed by atoms with Crippen molar-refractivity contribution in [2.75, 3.05) is 19.8 Å². The first-order valence-electron chi connectivity index (χ1n) is 9.14. The van der Waals surface area contributed by atoms with Crippen molar-refractivity contribution in [3.8, 4) is 0 Å². The third kappa shape index (κ3) is 3.61. The molecule has 4 rings (SSSR count). The number of rotatable bonds is 6. The molecular weight excluding hydrogens is 314 g/mol. The molecule has 2 heterocycles. The highest BCUT2D eigenvalue weighted by Crippen LogP contribution is 2.32. The second-order valence-corrected chi connectivity index (χ2v) is 7.17. The van der Waals surface area contributed by atoms with Gasteiger partial charge >= 0.3 is 0 Å². The van der Waals surface area contributed by atoms with Crippen LogP contribution >= 0.6 is 0 Å². The maximum Gasteiger partial charge on any atom is 0.227 e. The van der Waals surface area contributed by atoms with E-state index in [1.807, 2.05) is 53.2 Å². The summed E-state index contributed by atoms with van der Waals surface area (Å²) in [4.78, 5) is 15.0. The molecule has 1 aliphatic heterocycles. The van der Waals surface area contributed by atoms with E-state index in [9.17, 15) is 4.79 Å². The van der Waals surface area contributed by atoms with E-state index in [2.05, 4.69) is 5.10 Å². The highest BCUT2D eigenvalue weighted by Gasteiger charge is 2.34. The van der Waals surface area contributed by atoms with Crippen LogP contribution in [0.2, 0.25) is 0 Å². The second-order valence-electron chi connectivity index (χ2n) is 7.17. The Kier molecular flexibility index (Phi) is 4.57. The van der Waals surface area contributed by atoms with Gasteiger partial charge in [0.2, 0.25) is 5.91 Å². The van der Waals surface area contributed by atoms with E-state index >= 15 is 0 Å². The molecule has 0 unspecified atom stereocenters. The van der Waals surface area contributed by atoms with Crippen LogP contribution in [0, 0.1) is 5.92 Å². The normalized spacial score (nSPS) is 19.7. The minimum Gasteiger partial charge on any atom is -0.379 e. The Morgan fingerprint density at radius 2 is 2.04 bits per heavy atom. The molecule has 25 heavy (non-hydrogen) atoms. The first-order chi connectivity index (χ1) is 12.2. The van der Waals surface area contributed by atoms with Crippen molar-refractivity contribution >= 4 is 5.91 Å². The quantitative estimate of drug-likeness (QED) is 0.812. The highest BCUT2D eigenvalue weighted by atomic mass is 16.5. The van der Waals surface area contributed by atoms with E-state index in [0.717, 1.165) is 36.7 Å². The van der Waals surface area contributed by atoms with Crippen LogP contribution in [0.4, 0.5) is 0 Å². The van der Waals surface area contributed by atoms with Crippen LogP contribution < -0.4 is 0 Å². The second kappa shape index (κ2) is 7.00. The monoisotopic (exact) mass is 339 g/mol. The Balaban J connectivity index is 1.51. The molecule has 0 N–H and O–H groups in total. The van der Waals surface area contributed by atoms with Gasteiger partial charge in [0, 0.05) is 20.2 Å². The zero-order valence-corrected chi connectivity index (χ0v) is 14.7. The van der Waals surface area contributed by atoms with Crippen LogP contribution in [0.1, 0.15) is 35.7 Å². The SMILES string of the molecule is Cn1ncc2c1[C@@H](COCC1CC1)N(C(=O)Cc1ccccc1)CC2. The van der Waals surface area contributed by atoms with Gasteiger partial charge in [-0.3, -0.25) is 9.48 Å². The van der Waals surface area contributed by atoms with E-state index in [1.165, 1.54) is 18.4 Å². The fourth-order valence-electron chi connectivity index (χ4n) is 3.63. The standard InChI is InChI=1S/C20H25N3O2/c1-22-20-17(12-21-22)9-10-23(18(20)14-25-13-16-7-8-16)19(24)11-15-5-3-2-4-6-15/h2-6,12,16,18H,7-11,13-14H2,1H3/t18-/m1/s1. The molecule has 2 aliphatic rings. The summed E-state index contributed by atoms with van der Waals surface area (Å²) in [7, 11) is 1.96. The number of carbonyl (C=O) groups is 1. The van der Waals surface area contributed by atoms with Gasteiger partial charge in [-0.1, -0.05) is 30.3 Å². The maximum absolute atomic E-state index is 13.0. The summed E-state index contributed by atoms with van der Waals surface area (Å²) in [5.74, 6) is 0.890. The average Bonchev–Trinajstić information content (AvgIpc) is 3.37. The third-order valence-electron chi connectivity index (χ3n) is 5.22. The van der Waals surface area contributed by atoms with Crippen molar-refractivity contribution in [3.63, 3.8) is 0 Å². The summed E-state index contributed by atoms with van der Waals surface area (Å²) < 4.78 is 7.88. The summed E-state index contributed by atoms with van der Waals surface area (Å²) in [6, 6.07) is 9.92. The lowest BCUT2D eigenvalue weighted by atomic mass is 9.99. The lowest BCUT2D eigenvalue weighted by Gasteiger charge is -2.36. The number of ether oxygens (including phenoxy) is 1. The molecule has 1 fully saturated rings. The Labute approximate surface area is 148 Å². The van der Waals surface area contributed by atoms with Gasteiger partial charge in [0.1, 0.15) is 0 Å². The minimum atomic E-state index is -0.0359. The summed E-state index contributed by atoms with van der Waals surface area (Å²) in [5.41, 5.74) is 3.43. The van der Waals surface area contributed by atoms with Crippen LogP contribution in [0.15, 0.2) is 36.5 Å². The number of aromatic nitrogens is 2. The predicted molar refractivity (Wildman–Crippen MR) is 95.1 cm³/mol. The van der Waals surface area contributed by atoms with Crippen LogP contribution in [-0.4, -0.2) is 40.3 Å². The number of hydrogen-bond donors (Lipinski definition) is 0. The molecular formula is C20H25N3O2. The van der Waals surface area contributed by atoms with Gasteiger partial charge in [-0.2, -0.15) is 5.10 Å². The first kappa shape index (κ1) is 16.3. The smallest absolute Gasteiger partial charge is 0.227 e. The van der Waals surface area contributed by atoms with Crippen molar-refractivity contribution in [1.82, 2.24) is 14.7 Å². The Bertz CT molecular complexity index is 737. The molecule has 1 amide bonds. The molecule has 1 saturated carbocycles. The average molecular weight is 339 g/mol. The van der Waals surface area contributed by atoms with Crippen molar-refractivity contribution in [1.29, 1.82) is 0 Å². The molecule has 1 aliphatic carbocycles. The van der Waals surface area contributed by atoms with Gasteiger partial charge in [0.15, 0.2) is 0 Å². The summed E-state index contributed by atoms with van der Waals surface area (Å²) in [5, 5.41) is 4.40. The molecule has 1 aromatic carbocycles. The molecule has 132 valence electrons. The molecule has 1 aromatic heterocycles. The summed E-state index contributed by atoms with van der Waals surface area (Å²) in [6.07, 6.45) is 5.79. The van der Waals surface area contributed by atoms with Gasteiger partial charge in [-0.25, -0.2) is 0 Å². The van der Waals surface area contributed by atoms with E-state index in [4.69, 9.17) is 4.74 Å². The number of aryl methyl sites for hydroxylation is 1. The summed E-state index contributed by atoms with van der Waals surface area (Å²) in [6.45, 7) is 2.11. The van der Waals surface area contributed by atoms with Crippen molar-refractivity contribution in [2.45, 2.75) is 31.7 Å². The van der Waals surface area contributed by atoms with Crippen molar-refractivity contribution < 1.29 is 9.53 Å². The van der Waals surface area contributed by atoms with Gasteiger partial charge in [-0.15, -0.1) is 0 Å².